The van der Waals surface area contributed by atoms with Gasteiger partial charge in [0.25, 0.3) is 0 Å². The minimum Gasteiger partial charge on any atom is -0.495 e. The van der Waals surface area contributed by atoms with Crippen LogP contribution in [0, 0.1) is 5.92 Å². The number of halogens is 1. The van der Waals surface area contributed by atoms with Crippen molar-refractivity contribution in [2.45, 2.75) is 39.3 Å². The molecule has 3 atom stereocenters. The maximum absolute atomic E-state index is 5.54. The van der Waals surface area contributed by atoms with Gasteiger partial charge in [-0.25, -0.2) is 0 Å². The van der Waals surface area contributed by atoms with Gasteiger partial charge in [-0.05, 0) is 31.0 Å². The third kappa shape index (κ3) is 3.29. The molecule has 1 saturated heterocycles. The van der Waals surface area contributed by atoms with Gasteiger partial charge < -0.3 is 15.0 Å². The molecule has 0 aliphatic carbocycles. The highest BCUT2D eigenvalue weighted by Crippen LogP contribution is 2.34. The highest BCUT2D eigenvalue weighted by atomic mass is 79.9. The maximum atomic E-state index is 5.54. The molecule has 1 heterocycles. The highest BCUT2D eigenvalue weighted by Gasteiger charge is 2.29. The minimum atomic E-state index is 0.471. The van der Waals surface area contributed by atoms with Gasteiger partial charge in [0, 0.05) is 29.6 Å². The Hall–Kier alpha value is -0.740. The van der Waals surface area contributed by atoms with E-state index >= 15 is 0 Å². The first-order valence-corrected chi connectivity index (χ1v) is 8.19. The third-order valence-corrected chi connectivity index (χ3v) is 4.88. The summed E-state index contributed by atoms with van der Waals surface area (Å²) in [5.74, 6) is 1.63. The van der Waals surface area contributed by atoms with Crippen LogP contribution in [0.4, 0.5) is 5.69 Å². The molecule has 3 nitrogen and oxygen atoms in total. The number of benzene rings is 1. The molecule has 1 N–H and O–H groups in total. The SMILES string of the molecule is CCC(C)C1CN(c2cc(Br)ccc2OC)C(C)CN1. The van der Waals surface area contributed by atoms with E-state index in [0.29, 0.717) is 18.0 Å². The van der Waals surface area contributed by atoms with Gasteiger partial charge in [0.2, 0.25) is 0 Å². The fourth-order valence-electron chi connectivity index (χ4n) is 2.78. The van der Waals surface area contributed by atoms with Crippen LogP contribution in [0.2, 0.25) is 0 Å². The predicted molar refractivity (Wildman–Crippen MR) is 88.7 cm³/mol. The molecule has 2 rings (SSSR count). The smallest absolute Gasteiger partial charge is 0.142 e. The summed E-state index contributed by atoms with van der Waals surface area (Å²) in [5, 5.41) is 3.68. The lowest BCUT2D eigenvalue weighted by molar-refractivity contribution is 0.313. The third-order valence-electron chi connectivity index (χ3n) is 4.38. The largest absolute Gasteiger partial charge is 0.495 e. The Morgan fingerprint density at radius 3 is 2.90 bits per heavy atom. The lowest BCUT2D eigenvalue weighted by atomic mass is 9.95. The summed E-state index contributed by atoms with van der Waals surface area (Å²) >= 11 is 3.57. The van der Waals surface area contributed by atoms with Crippen molar-refractivity contribution in [1.29, 1.82) is 0 Å². The quantitative estimate of drug-likeness (QED) is 0.904. The second-order valence-electron chi connectivity index (χ2n) is 5.72. The Balaban J connectivity index is 2.27. The van der Waals surface area contributed by atoms with Gasteiger partial charge in [-0.2, -0.15) is 0 Å². The molecule has 0 aromatic heterocycles. The first kappa shape index (κ1) is 15.6. The Labute approximate surface area is 130 Å². The molecular weight excluding hydrogens is 316 g/mol. The number of piperazine rings is 1. The number of ether oxygens (including phenoxy) is 1. The second-order valence-corrected chi connectivity index (χ2v) is 6.63. The first-order chi connectivity index (χ1) is 9.56. The second kappa shape index (κ2) is 6.81. The van der Waals surface area contributed by atoms with E-state index in [0.717, 1.165) is 23.3 Å². The van der Waals surface area contributed by atoms with Crippen molar-refractivity contribution in [2.24, 2.45) is 5.92 Å². The lowest BCUT2D eigenvalue weighted by Gasteiger charge is -2.42. The molecule has 3 unspecified atom stereocenters. The Kier molecular flexibility index (Phi) is 5.33. The number of hydrogen-bond donors (Lipinski definition) is 1. The Morgan fingerprint density at radius 1 is 1.50 bits per heavy atom. The Morgan fingerprint density at radius 2 is 2.25 bits per heavy atom. The zero-order valence-corrected chi connectivity index (χ0v) is 14.4. The van der Waals surface area contributed by atoms with Gasteiger partial charge in [-0.3, -0.25) is 0 Å². The first-order valence-electron chi connectivity index (χ1n) is 7.40. The summed E-state index contributed by atoms with van der Waals surface area (Å²) in [6.45, 7) is 8.90. The number of anilines is 1. The topological polar surface area (TPSA) is 24.5 Å². The summed E-state index contributed by atoms with van der Waals surface area (Å²) in [5.41, 5.74) is 1.18. The van der Waals surface area contributed by atoms with Crippen molar-refractivity contribution in [2.75, 3.05) is 25.1 Å². The molecule has 1 aromatic carbocycles. The standard InChI is InChI=1S/C16H25BrN2O/c1-5-11(2)14-10-19(12(3)9-18-14)15-8-13(17)6-7-16(15)20-4/h6-8,11-12,14,18H,5,9-10H2,1-4H3. The zero-order valence-electron chi connectivity index (χ0n) is 12.8. The molecule has 0 amide bonds. The predicted octanol–water partition coefficient (Wildman–Crippen LogP) is 3.67. The monoisotopic (exact) mass is 340 g/mol. The minimum absolute atomic E-state index is 0.471. The summed E-state index contributed by atoms with van der Waals surface area (Å²) in [6.07, 6.45) is 1.20. The maximum Gasteiger partial charge on any atom is 0.142 e. The van der Waals surface area contributed by atoms with Crippen LogP contribution in [-0.2, 0) is 0 Å². The van der Waals surface area contributed by atoms with Crippen LogP contribution < -0.4 is 15.0 Å². The highest BCUT2D eigenvalue weighted by molar-refractivity contribution is 9.10. The van der Waals surface area contributed by atoms with E-state index < -0.39 is 0 Å². The lowest BCUT2D eigenvalue weighted by Crippen LogP contribution is -2.57. The molecule has 0 bridgehead atoms. The molecule has 20 heavy (non-hydrogen) atoms. The van der Waals surface area contributed by atoms with Gasteiger partial charge in [0.05, 0.1) is 12.8 Å². The number of rotatable bonds is 4. The number of nitrogens with one attached hydrogen (secondary N) is 1. The van der Waals surface area contributed by atoms with Crippen LogP contribution >= 0.6 is 15.9 Å². The van der Waals surface area contributed by atoms with Crippen LogP contribution in [0.1, 0.15) is 27.2 Å². The van der Waals surface area contributed by atoms with Crippen LogP contribution in [0.15, 0.2) is 22.7 Å². The molecule has 1 aliphatic heterocycles. The van der Waals surface area contributed by atoms with Crippen molar-refractivity contribution in [3.05, 3.63) is 22.7 Å². The van der Waals surface area contributed by atoms with E-state index in [4.69, 9.17) is 4.74 Å². The van der Waals surface area contributed by atoms with Gasteiger partial charge in [-0.1, -0.05) is 36.2 Å². The van der Waals surface area contributed by atoms with Gasteiger partial charge >= 0.3 is 0 Å². The average Bonchev–Trinajstić information content (AvgIpc) is 2.47. The van der Waals surface area contributed by atoms with Crippen LogP contribution in [0.3, 0.4) is 0 Å². The average molecular weight is 341 g/mol. The molecular formula is C16H25BrN2O. The van der Waals surface area contributed by atoms with Crippen LogP contribution in [0.25, 0.3) is 0 Å². The van der Waals surface area contributed by atoms with Crippen molar-refractivity contribution >= 4 is 21.6 Å². The molecule has 112 valence electrons. The van der Waals surface area contributed by atoms with E-state index in [1.807, 2.05) is 12.1 Å². The molecule has 1 fully saturated rings. The van der Waals surface area contributed by atoms with Gasteiger partial charge in [0.1, 0.15) is 5.75 Å². The summed E-state index contributed by atoms with van der Waals surface area (Å²) in [4.78, 5) is 2.47. The van der Waals surface area contributed by atoms with Crippen molar-refractivity contribution < 1.29 is 4.74 Å². The van der Waals surface area contributed by atoms with E-state index in [-0.39, 0.29) is 0 Å². The van der Waals surface area contributed by atoms with Gasteiger partial charge in [0.15, 0.2) is 0 Å². The van der Waals surface area contributed by atoms with E-state index in [1.54, 1.807) is 7.11 Å². The Bertz CT molecular complexity index is 452. The molecule has 4 heteroatoms. The molecule has 0 radical (unpaired) electrons. The summed E-state index contributed by atoms with van der Waals surface area (Å²) in [6, 6.07) is 7.24. The normalized spacial score (nSPS) is 24.6. The molecule has 0 saturated carbocycles. The number of hydrogen-bond acceptors (Lipinski definition) is 3. The molecule has 0 spiro atoms. The molecule has 1 aliphatic rings. The fraction of sp³-hybridized carbons (Fsp3) is 0.625. The van der Waals surface area contributed by atoms with Gasteiger partial charge in [-0.15, -0.1) is 0 Å². The van der Waals surface area contributed by atoms with Crippen molar-refractivity contribution in [1.82, 2.24) is 5.32 Å². The zero-order chi connectivity index (χ0) is 14.7. The van der Waals surface area contributed by atoms with Crippen molar-refractivity contribution in [3.63, 3.8) is 0 Å². The fourth-order valence-corrected chi connectivity index (χ4v) is 3.13. The van der Waals surface area contributed by atoms with E-state index in [2.05, 4.69) is 53.0 Å². The number of methoxy groups -OCH3 is 1. The van der Waals surface area contributed by atoms with E-state index in [9.17, 15) is 0 Å². The number of nitrogens with zero attached hydrogens (tertiary/aromatic N) is 1. The van der Waals surface area contributed by atoms with Crippen molar-refractivity contribution in [3.8, 4) is 5.75 Å². The van der Waals surface area contributed by atoms with E-state index in [1.165, 1.54) is 12.1 Å². The summed E-state index contributed by atoms with van der Waals surface area (Å²) < 4.78 is 6.64. The van der Waals surface area contributed by atoms with Crippen LogP contribution in [0.5, 0.6) is 5.75 Å². The van der Waals surface area contributed by atoms with Crippen LogP contribution in [-0.4, -0.2) is 32.3 Å². The molecule has 1 aromatic rings. The summed E-state index contributed by atoms with van der Waals surface area (Å²) in [7, 11) is 1.74.